The molecule has 0 unspecified atom stereocenters. The quantitative estimate of drug-likeness (QED) is 0.141. The zero-order valence-electron chi connectivity index (χ0n) is 74.2. The average molecular weight is 1580 g/mol. The minimum absolute atomic E-state index is 0.371. The lowest BCUT2D eigenvalue weighted by atomic mass is 9.71. The first kappa shape index (κ1) is 68.6. The van der Waals surface area contributed by atoms with E-state index in [1.165, 1.54) is 174 Å². The minimum Gasteiger partial charge on any atom is -0.200 e. The predicted octanol–water partition coefficient (Wildman–Crippen LogP) is 29.3. The lowest BCUT2D eigenvalue weighted by Crippen LogP contribution is -2.30. The Bertz CT molecular complexity index is 7580. The molecule has 8 heteroatoms. The number of hydrogen-bond donors (Lipinski definition) is 0. The lowest BCUT2D eigenvalue weighted by molar-refractivity contribution is -0.659. The molecule has 568 valence electrons. The second kappa shape index (κ2) is 30.4. The minimum atomic E-state index is -2.10. The number of fused-ring (bicyclic) bond motifs is 17. The van der Waals surface area contributed by atoms with Gasteiger partial charge in [-0.1, -0.05) is 205 Å². The molecule has 1 fully saturated rings. The summed E-state index contributed by atoms with van der Waals surface area (Å²) in [7, 11) is 8.46. The van der Waals surface area contributed by atoms with Crippen LogP contribution in [-0.2, 0) is 28.2 Å². The molecule has 0 atom stereocenters. The third-order valence-electron chi connectivity index (χ3n) is 24.2. The van der Waals surface area contributed by atoms with Gasteiger partial charge >= 0.3 is 0 Å². The van der Waals surface area contributed by atoms with E-state index in [-0.39, 0.29) is 0 Å². The standard InChI is InChI=1S/C31H32NS.C27H26NS.C26H24NS.C23H18NS/c1-20-7-5-6-8-25(20)28-18-27-26-16-23-10-9-22(21-11-13-31(2,3)14-12-21)15-24(23)17-29(26)33-30(27)19-32(28)4;1-16(2)19-7-8-20-12-23-24-14-25(22-9-6-17(3)10-18(22)4)28(5)15-27(24)29-26(23)13-21(20)11-19;1-16(2)18-9-10-19-12-22-23-14-24(21-8-6-5-7-17(21)3)27(4)15-26(23)28-25(22)13-20(19)11-18;1-15-7-3-5-9-17(15)21-13-20-19-12-11-16-8-4-6-10-18(16)23(19)25-22(20)14-24(21)2/h5-10,15-19,21H,11-14H2,1-4H3;6-16H,1-5H3;5-16H,1-4H3;3-14H,1-2H3/q4*+1/i21D;3D3,16D;16D;. The van der Waals surface area contributed by atoms with Gasteiger partial charge in [0.15, 0.2) is 24.8 Å². The summed E-state index contributed by atoms with van der Waals surface area (Å²) in [6.45, 7) is 18.8. The van der Waals surface area contributed by atoms with E-state index in [0.29, 0.717) is 11.0 Å². The summed E-state index contributed by atoms with van der Waals surface area (Å²) in [5, 5.41) is 20.4. The van der Waals surface area contributed by atoms with E-state index in [4.69, 9.17) is 6.85 Å². The van der Waals surface area contributed by atoms with Gasteiger partial charge in [0, 0.05) is 117 Å². The van der Waals surface area contributed by atoms with Crippen LogP contribution in [0.2, 0.25) is 0 Å². The fourth-order valence-electron chi connectivity index (χ4n) is 17.4. The zero-order chi connectivity index (χ0) is 84.7. The first-order valence-electron chi connectivity index (χ1n) is 43.1. The van der Waals surface area contributed by atoms with Crippen LogP contribution in [0.15, 0.2) is 267 Å². The summed E-state index contributed by atoms with van der Waals surface area (Å²) in [5.74, 6) is -1.66. The molecule has 1 saturated carbocycles. The van der Waals surface area contributed by atoms with Crippen LogP contribution >= 0.6 is 45.3 Å². The molecule has 0 radical (unpaired) electrons. The van der Waals surface area contributed by atoms with Crippen molar-refractivity contribution < 1.29 is 26.5 Å². The fourth-order valence-corrected chi connectivity index (χ4v) is 22.2. The fraction of sp³-hybridized carbons (Fsp3) is 0.215. The van der Waals surface area contributed by atoms with E-state index in [9.17, 15) is 1.37 Å². The van der Waals surface area contributed by atoms with Gasteiger partial charge in [-0.25, -0.2) is 0 Å². The van der Waals surface area contributed by atoms with Crippen LogP contribution < -0.4 is 18.3 Å². The van der Waals surface area contributed by atoms with Gasteiger partial charge in [0.25, 0.3) is 0 Å². The van der Waals surface area contributed by atoms with Crippen LogP contribution in [0.5, 0.6) is 0 Å². The first-order valence-corrected chi connectivity index (χ1v) is 43.4. The van der Waals surface area contributed by atoms with Crippen molar-refractivity contribution in [2.75, 3.05) is 0 Å². The van der Waals surface area contributed by atoms with Gasteiger partial charge in [-0.05, 0) is 226 Å². The number of nitrogens with zero attached hydrogens (tertiary/aromatic N) is 4. The number of hydrogen-bond acceptors (Lipinski definition) is 4. The Kier molecular flexibility index (Phi) is 18.1. The van der Waals surface area contributed by atoms with Crippen LogP contribution in [0.4, 0.5) is 0 Å². The Balaban J connectivity index is 0.000000111. The normalized spacial score (nSPS) is 14.6. The number of benzene rings is 12. The van der Waals surface area contributed by atoms with E-state index in [1.54, 1.807) is 23.5 Å². The highest BCUT2D eigenvalue weighted by molar-refractivity contribution is 7.27. The molecule has 115 heavy (non-hydrogen) atoms. The molecular formula is C107H100N4S4+4. The van der Waals surface area contributed by atoms with Crippen LogP contribution in [0.3, 0.4) is 0 Å². The zero-order valence-corrected chi connectivity index (χ0v) is 71.4. The maximum Gasteiger partial charge on any atom is 0.213 e. The van der Waals surface area contributed by atoms with Gasteiger partial charge in [-0.3, -0.25) is 0 Å². The van der Waals surface area contributed by atoms with Gasteiger partial charge in [0.05, 0.1) is 18.8 Å². The largest absolute Gasteiger partial charge is 0.213 e. The van der Waals surface area contributed by atoms with E-state index in [2.05, 4.69) is 323 Å². The third-order valence-corrected chi connectivity index (χ3v) is 28.7. The molecule has 0 saturated heterocycles. The van der Waals surface area contributed by atoms with Gasteiger partial charge in [0.2, 0.25) is 22.8 Å². The SMILES string of the molecule is Cc1ccccc1-c1cc2c(c[n+]1C)sc1c3ccccc3ccc21.[2H]C(C)(C)c1ccc2cc3c(cc2c1)sc1c[n+](C)c(-c2ccccc2C)cc13.[2H]C([2H])([2H])c1ccc(-c2cc3c(c[n+]2C)sc2cc4cc(C([2H])(C)C)ccc4cc23)c(C)c1.[2H]C1(c2ccc3cc4c(cc3c2)sc2c[n+](C)c(-c3ccccc3C)cc24)CCC(C)(C)CC1. The second-order valence-electron chi connectivity index (χ2n) is 33.2. The highest BCUT2D eigenvalue weighted by atomic mass is 32.1. The summed E-state index contributed by atoms with van der Waals surface area (Å²) >= 11 is 7.38. The lowest BCUT2D eigenvalue weighted by Gasteiger charge is -2.34. The maximum absolute atomic E-state index is 9.21. The van der Waals surface area contributed by atoms with Gasteiger partial charge in [-0.2, -0.15) is 18.3 Å². The van der Waals surface area contributed by atoms with Crippen LogP contribution in [0.25, 0.3) is 169 Å². The van der Waals surface area contributed by atoms with E-state index in [0.717, 1.165) is 59.0 Å². The Morgan fingerprint density at radius 1 is 0.339 bits per heavy atom. The van der Waals surface area contributed by atoms with Crippen molar-refractivity contribution in [3.8, 4) is 45.0 Å². The monoisotopic (exact) mass is 1570 g/mol. The molecule has 1 aliphatic rings. The van der Waals surface area contributed by atoms with Crippen molar-refractivity contribution >= 4 is 169 Å². The van der Waals surface area contributed by atoms with Crippen LogP contribution in [0, 0.1) is 40.0 Å². The highest BCUT2D eigenvalue weighted by Crippen LogP contribution is 2.47. The molecule has 0 spiro atoms. The van der Waals surface area contributed by atoms with Gasteiger partial charge in [0.1, 0.15) is 28.2 Å². The second-order valence-corrected chi connectivity index (χ2v) is 37.5. The topological polar surface area (TPSA) is 15.5 Å². The summed E-state index contributed by atoms with van der Waals surface area (Å²) in [6.07, 6.45) is 13.1. The number of thiophene rings is 4. The molecule has 20 aromatic rings. The highest BCUT2D eigenvalue weighted by Gasteiger charge is 2.29. The molecule has 12 aromatic carbocycles. The van der Waals surface area contributed by atoms with Crippen LogP contribution in [0.1, 0.15) is 138 Å². The van der Waals surface area contributed by atoms with Crippen molar-refractivity contribution in [2.45, 2.75) is 119 Å². The van der Waals surface area contributed by atoms with Crippen molar-refractivity contribution in [1.82, 2.24) is 0 Å². The Morgan fingerprint density at radius 2 is 0.713 bits per heavy atom. The average Bonchev–Trinajstić information content (AvgIpc) is 1.62. The molecule has 21 rings (SSSR count). The van der Waals surface area contributed by atoms with Gasteiger partial charge < -0.3 is 0 Å². The van der Waals surface area contributed by atoms with Crippen molar-refractivity contribution in [3.63, 3.8) is 0 Å². The smallest absolute Gasteiger partial charge is 0.200 e. The number of aryl methyl sites for hydroxylation is 9. The third kappa shape index (κ3) is 14.5. The van der Waals surface area contributed by atoms with E-state index >= 15 is 0 Å². The first-order chi connectivity index (χ1) is 57.7. The summed E-state index contributed by atoms with van der Waals surface area (Å²) < 4.78 is 68.3. The number of aromatic nitrogens is 4. The molecule has 4 nitrogen and oxygen atoms in total. The molecule has 1 aliphatic carbocycles. The maximum atomic E-state index is 9.21. The van der Waals surface area contributed by atoms with E-state index < -0.39 is 24.5 Å². The molecule has 0 amide bonds. The molecule has 0 aliphatic heterocycles. The van der Waals surface area contributed by atoms with E-state index in [1.807, 2.05) is 81.7 Å². The summed E-state index contributed by atoms with van der Waals surface area (Å²) in [5.41, 5.74) is 18.5. The Morgan fingerprint density at radius 3 is 1.14 bits per heavy atom. The van der Waals surface area contributed by atoms with Crippen molar-refractivity contribution in [2.24, 2.45) is 33.6 Å². The summed E-state index contributed by atoms with van der Waals surface area (Å²) in [4.78, 5) is 0. The molecule has 8 heterocycles. The summed E-state index contributed by atoms with van der Waals surface area (Å²) in [6, 6.07) is 86.9. The predicted molar refractivity (Wildman–Crippen MR) is 501 cm³/mol. The van der Waals surface area contributed by atoms with Crippen LogP contribution in [-0.4, -0.2) is 0 Å². The van der Waals surface area contributed by atoms with Gasteiger partial charge in [-0.15, -0.1) is 45.3 Å². The Labute approximate surface area is 700 Å². The van der Waals surface area contributed by atoms with Crippen molar-refractivity contribution in [1.29, 1.82) is 0 Å². The number of rotatable bonds is 7. The Hall–Kier alpha value is -10.8. The van der Waals surface area contributed by atoms with Crippen molar-refractivity contribution in [3.05, 3.63) is 312 Å². The molecule has 0 N–H and O–H groups in total. The number of pyridine rings is 4. The molecule has 8 aromatic heterocycles. The molecular weight excluding hydrogens is 1470 g/mol. The molecule has 0 bridgehead atoms.